The highest BCUT2D eigenvalue weighted by Gasteiger charge is 2.33. The van der Waals surface area contributed by atoms with Crippen molar-refractivity contribution in [2.24, 2.45) is 0 Å². The molecular weight excluding hydrogens is 260 g/mol. The van der Waals surface area contributed by atoms with Gasteiger partial charge in [0.25, 0.3) is 5.91 Å². The minimum absolute atomic E-state index is 0.149. The highest BCUT2D eigenvalue weighted by molar-refractivity contribution is 5.96. The maximum absolute atomic E-state index is 12.9. The van der Waals surface area contributed by atoms with E-state index in [1.54, 1.807) is 12.4 Å². The molecule has 0 saturated heterocycles. The van der Waals surface area contributed by atoms with Gasteiger partial charge in [0.1, 0.15) is 0 Å². The molecule has 3 nitrogen and oxygen atoms in total. The number of carbonyl (C=O) groups is 1. The van der Waals surface area contributed by atoms with Gasteiger partial charge in [-0.1, -0.05) is 12.1 Å². The minimum Gasteiger partial charge on any atom is -0.331 e. The molecule has 0 radical (unpaired) electrons. The Morgan fingerprint density at radius 3 is 2.57 bits per heavy atom. The van der Waals surface area contributed by atoms with E-state index < -0.39 is 0 Å². The lowest BCUT2D eigenvalue weighted by molar-refractivity contribution is 0.0729. The molecule has 108 valence electrons. The molecule has 3 heteroatoms. The standard InChI is InChI=1S/C18H20N2O/c1-13-4-3-5-17(14(13)2)18(21)20(16-6-7-16)12-15-8-10-19-11-9-15/h3-5,8-11,16H,6-7,12H2,1-2H3. The van der Waals surface area contributed by atoms with Crippen LogP contribution in [-0.2, 0) is 6.54 Å². The van der Waals surface area contributed by atoms with Gasteiger partial charge in [-0.15, -0.1) is 0 Å². The van der Waals surface area contributed by atoms with E-state index in [4.69, 9.17) is 0 Å². The van der Waals surface area contributed by atoms with E-state index in [1.165, 1.54) is 5.56 Å². The fraction of sp³-hybridized carbons (Fsp3) is 0.333. The lowest BCUT2D eigenvalue weighted by Crippen LogP contribution is -2.33. The van der Waals surface area contributed by atoms with Gasteiger partial charge in [-0.2, -0.15) is 0 Å². The molecule has 0 unspecified atom stereocenters. The second-order valence-corrected chi connectivity index (χ2v) is 5.77. The molecule has 1 aliphatic carbocycles. The van der Waals surface area contributed by atoms with Gasteiger partial charge in [0.05, 0.1) is 0 Å². The lowest BCUT2D eigenvalue weighted by atomic mass is 10.0. The third kappa shape index (κ3) is 2.97. The zero-order valence-corrected chi connectivity index (χ0v) is 12.5. The average molecular weight is 280 g/mol. The zero-order chi connectivity index (χ0) is 14.8. The van der Waals surface area contributed by atoms with Gasteiger partial charge in [0.2, 0.25) is 0 Å². The largest absolute Gasteiger partial charge is 0.331 e. The Morgan fingerprint density at radius 1 is 1.19 bits per heavy atom. The van der Waals surface area contributed by atoms with Gasteiger partial charge >= 0.3 is 0 Å². The molecule has 1 aliphatic rings. The number of hydrogen-bond acceptors (Lipinski definition) is 2. The number of aromatic nitrogens is 1. The fourth-order valence-corrected chi connectivity index (χ4v) is 2.58. The first-order valence-corrected chi connectivity index (χ1v) is 7.43. The first-order valence-electron chi connectivity index (χ1n) is 7.43. The summed E-state index contributed by atoms with van der Waals surface area (Å²) in [5, 5.41) is 0. The van der Waals surface area contributed by atoms with Crippen LogP contribution in [0.2, 0.25) is 0 Å². The summed E-state index contributed by atoms with van der Waals surface area (Å²) in [6, 6.07) is 10.3. The molecule has 0 N–H and O–H groups in total. The van der Waals surface area contributed by atoms with Crippen LogP contribution < -0.4 is 0 Å². The molecule has 3 rings (SSSR count). The van der Waals surface area contributed by atoms with E-state index in [0.717, 1.165) is 29.5 Å². The van der Waals surface area contributed by atoms with Crippen molar-refractivity contribution in [1.29, 1.82) is 0 Å². The van der Waals surface area contributed by atoms with E-state index in [2.05, 4.69) is 18.0 Å². The third-order valence-corrected chi connectivity index (χ3v) is 4.19. The summed E-state index contributed by atoms with van der Waals surface area (Å²) < 4.78 is 0. The molecule has 1 heterocycles. The molecule has 1 saturated carbocycles. The molecule has 21 heavy (non-hydrogen) atoms. The Bertz CT molecular complexity index is 648. The molecule has 0 atom stereocenters. The van der Waals surface area contributed by atoms with Crippen LogP contribution in [0, 0.1) is 13.8 Å². The molecule has 1 aromatic carbocycles. The van der Waals surface area contributed by atoms with Crippen LogP contribution in [0.1, 0.15) is 39.9 Å². The molecule has 0 bridgehead atoms. The Balaban J connectivity index is 1.87. The average Bonchev–Trinajstić information content (AvgIpc) is 3.33. The van der Waals surface area contributed by atoms with Gasteiger partial charge in [-0.25, -0.2) is 0 Å². The maximum Gasteiger partial charge on any atom is 0.254 e. The van der Waals surface area contributed by atoms with Crippen molar-refractivity contribution in [3.8, 4) is 0 Å². The number of benzene rings is 1. The molecule has 0 aliphatic heterocycles. The van der Waals surface area contributed by atoms with Crippen LogP contribution in [0.15, 0.2) is 42.7 Å². The number of carbonyl (C=O) groups excluding carboxylic acids is 1. The fourth-order valence-electron chi connectivity index (χ4n) is 2.58. The number of amides is 1. The molecule has 2 aromatic rings. The summed E-state index contributed by atoms with van der Waals surface area (Å²) in [4.78, 5) is 19.0. The number of aryl methyl sites for hydroxylation is 1. The summed E-state index contributed by atoms with van der Waals surface area (Å²) in [5.41, 5.74) is 4.22. The van der Waals surface area contributed by atoms with Crippen LogP contribution in [0.4, 0.5) is 0 Å². The normalized spacial score (nSPS) is 14.0. The second-order valence-electron chi connectivity index (χ2n) is 5.77. The molecular formula is C18H20N2O. The monoisotopic (exact) mass is 280 g/mol. The van der Waals surface area contributed by atoms with Gasteiger partial charge < -0.3 is 4.90 Å². The quantitative estimate of drug-likeness (QED) is 0.858. The minimum atomic E-state index is 0.149. The number of hydrogen-bond donors (Lipinski definition) is 0. The molecule has 1 amide bonds. The summed E-state index contributed by atoms with van der Waals surface area (Å²) in [6.07, 6.45) is 5.79. The molecule has 0 spiro atoms. The first-order chi connectivity index (χ1) is 10.2. The van der Waals surface area contributed by atoms with E-state index >= 15 is 0 Å². The van der Waals surface area contributed by atoms with Crippen molar-refractivity contribution >= 4 is 5.91 Å². The van der Waals surface area contributed by atoms with Gasteiger partial charge in [-0.3, -0.25) is 9.78 Å². The zero-order valence-electron chi connectivity index (χ0n) is 12.5. The summed E-state index contributed by atoms with van der Waals surface area (Å²) >= 11 is 0. The van der Waals surface area contributed by atoms with Crippen molar-refractivity contribution in [3.63, 3.8) is 0 Å². The van der Waals surface area contributed by atoms with E-state index in [-0.39, 0.29) is 5.91 Å². The van der Waals surface area contributed by atoms with Crippen molar-refractivity contribution in [2.75, 3.05) is 0 Å². The Morgan fingerprint density at radius 2 is 1.90 bits per heavy atom. The Hall–Kier alpha value is -2.16. The Labute approximate surface area is 125 Å². The van der Waals surface area contributed by atoms with Crippen LogP contribution in [0.5, 0.6) is 0 Å². The summed E-state index contributed by atoms with van der Waals surface area (Å²) in [7, 11) is 0. The number of rotatable bonds is 4. The van der Waals surface area contributed by atoms with Crippen LogP contribution in [0.3, 0.4) is 0 Å². The molecule has 1 aromatic heterocycles. The van der Waals surface area contributed by atoms with Crippen LogP contribution in [-0.4, -0.2) is 21.8 Å². The highest BCUT2D eigenvalue weighted by Crippen LogP contribution is 2.30. The first kappa shape index (κ1) is 13.8. The summed E-state index contributed by atoms with van der Waals surface area (Å²) in [5.74, 6) is 0.149. The van der Waals surface area contributed by atoms with Crippen molar-refractivity contribution < 1.29 is 4.79 Å². The molecule has 1 fully saturated rings. The number of pyridine rings is 1. The predicted molar refractivity (Wildman–Crippen MR) is 83.0 cm³/mol. The van der Waals surface area contributed by atoms with Gasteiger partial charge in [0, 0.05) is 30.5 Å². The third-order valence-electron chi connectivity index (χ3n) is 4.19. The van der Waals surface area contributed by atoms with E-state index in [0.29, 0.717) is 12.6 Å². The van der Waals surface area contributed by atoms with Crippen LogP contribution in [0.25, 0.3) is 0 Å². The topological polar surface area (TPSA) is 33.2 Å². The second kappa shape index (κ2) is 5.68. The van der Waals surface area contributed by atoms with Gasteiger partial charge in [0.15, 0.2) is 0 Å². The van der Waals surface area contributed by atoms with Crippen molar-refractivity contribution in [2.45, 2.75) is 39.3 Å². The smallest absolute Gasteiger partial charge is 0.254 e. The van der Waals surface area contributed by atoms with E-state index in [1.807, 2.05) is 36.1 Å². The lowest BCUT2D eigenvalue weighted by Gasteiger charge is -2.24. The maximum atomic E-state index is 12.9. The summed E-state index contributed by atoms with van der Waals surface area (Å²) in [6.45, 7) is 4.75. The van der Waals surface area contributed by atoms with Crippen molar-refractivity contribution in [1.82, 2.24) is 9.88 Å². The van der Waals surface area contributed by atoms with Crippen LogP contribution >= 0.6 is 0 Å². The number of nitrogens with zero attached hydrogens (tertiary/aromatic N) is 2. The SMILES string of the molecule is Cc1cccc(C(=O)N(Cc2ccncc2)C2CC2)c1C. The highest BCUT2D eigenvalue weighted by atomic mass is 16.2. The van der Waals surface area contributed by atoms with Crippen molar-refractivity contribution in [3.05, 3.63) is 65.0 Å². The van der Waals surface area contributed by atoms with Gasteiger partial charge in [-0.05, 0) is 61.6 Å². The van der Waals surface area contributed by atoms with E-state index in [9.17, 15) is 4.79 Å². The predicted octanol–water partition coefficient (Wildman–Crippen LogP) is 3.50. The Kier molecular flexibility index (Phi) is 3.74.